The number of para-hydroxylation sites is 1. The number of nitrogens with zero attached hydrogens (tertiary/aromatic N) is 4. The highest BCUT2D eigenvalue weighted by atomic mass is 32.2. The van der Waals surface area contributed by atoms with Crippen molar-refractivity contribution in [1.29, 1.82) is 0 Å². The highest BCUT2D eigenvalue weighted by Gasteiger charge is 2.56. The largest absolute Gasteiger partial charge is 0.309 e. The molecule has 1 aromatic carbocycles. The Kier molecular flexibility index (Phi) is 9.22. The van der Waals surface area contributed by atoms with E-state index in [2.05, 4.69) is 10.4 Å². The van der Waals surface area contributed by atoms with Crippen LogP contribution in [0.1, 0.15) is 64.4 Å². The minimum absolute atomic E-state index is 0.00547. The highest BCUT2D eigenvalue weighted by molar-refractivity contribution is 8.15. The molecule has 2 aliphatic rings. The van der Waals surface area contributed by atoms with Crippen molar-refractivity contribution < 1.29 is 18.0 Å². The first-order valence-corrected chi connectivity index (χ1v) is 14.7. The Labute approximate surface area is 213 Å². The van der Waals surface area contributed by atoms with Gasteiger partial charge in [0.25, 0.3) is 0 Å². The summed E-state index contributed by atoms with van der Waals surface area (Å²) in [5.74, 6) is -0.333. The summed E-state index contributed by atoms with van der Waals surface area (Å²) in [5.41, 5.74) is 1.28. The molecule has 1 atom stereocenters. The Hall–Kier alpha value is -2.11. The van der Waals surface area contributed by atoms with Crippen LogP contribution in [-0.2, 0) is 24.5 Å². The third-order valence-corrected chi connectivity index (χ3v) is 9.12. The van der Waals surface area contributed by atoms with Gasteiger partial charge in [0.05, 0.1) is 18.0 Å². The molecule has 0 saturated heterocycles. The van der Waals surface area contributed by atoms with E-state index in [9.17, 15) is 18.0 Å². The van der Waals surface area contributed by atoms with Crippen molar-refractivity contribution in [3.05, 3.63) is 29.8 Å². The number of anilines is 1. The van der Waals surface area contributed by atoms with E-state index in [-0.39, 0.29) is 24.1 Å². The van der Waals surface area contributed by atoms with E-state index in [0.717, 1.165) is 19.3 Å². The van der Waals surface area contributed by atoms with Gasteiger partial charge in [0.2, 0.25) is 21.8 Å². The molecule has 0 aromatic heterocycles. The van der Waals surface area contributed by atoms with Crippen molar-refractivity contribution in [2.24, 2.45) is 5.10 Å². The zero-order valence-electron chi connectivity index (χ0n) is 21.1. The predicted octanol–water partition coefficient (Wildman–Crippen LogP) is 3.28. The molecular formula is C24H37N5O4S2. The van der Waals surface area contributed by atoms with E-state index in [4.69, 9.17) is 0 Å². The molecule has 3 rings (SSSR count). The van der Waals surface area contributed by atoms with Crippen LogP contribution in [0, 0.1) is 0 Å². The van der Waals surface area contributed by atoms with E-state index in [1.54, 1.807) is 12.1 Å². The third-order valence-electron chi connectivity index (χ3n) is 6.08. The van der Waals surface area contributed by atoms with Gasteiger partial charge in [-0.3, -0.25) is 13.9 Å². The second-order valence-electron chi connectivity index (χ2n) is 9.25. The molecule has 0 aliphatic carbocycles. The van der Waals surface area contributed by atoms with Gasteiger partial charge in [-0.05, 0) is 57.7 Å². The first-order chi connectivity index (χ1) is 16.6. The van der Waals surface area contributed by atoms with Crippen LogP contribution in [0.25, 0.3) is 0 Å². The van der Waals surface area contributed by atoms with Crippen molar-refractivity contribution in [2.45, 2.75) is 63.7 Å². The zero-order valence-corrected chi connectivity index (χ0v) is 22.8. The molecule has 0 fully saturated rings. The molecule has 35 heavy (non-hydrogen) atoms. The lowest BCUT2D eigenvalue weighted by atomic mass is 10.1. The van der Waals surface area contributed by atoms with Crippen LogP contribution in [0.2, 0.25) is 0 Å². The van der Waals surface area contributed by atoms with Gasteiger partial charge in [0, 0.05) is 18.4 Å². The van der Waals surface area contributed by atoms with Crippen LogP contribution in [-0.4, -0.2) is 68.2 Å². The van der Waals surface area contributed by atoms with Crippen molar-refractivity contribution in [2.75, 3.05) is 37.2 Å². The molecule has 9 nitrogen and oxygen atoms in total. The molecule has 2 heterocycles. The van der Waals surface area contributed by atoms with Crippen LogP contribution < -0.4 is 9.62 Å². The highest BCUT2D eigenvalue weighted by Crippen LogP contribution is 2.54. The summed E-state index contributed by atoms with van der Waals surface area (Å²) in [5, 5.41) is 9.12. The molecular weight excluding hydrogens is 486 g/mol. The third kappa shape index (κ3) is 6.18. The number of benzene rings is 1. The number of amides is 2. The van der Waals surface area contributed by atoms with E-state index < -0.39 is 14.9 Å². The summed E-state index contributed by atoms with van der Waals surface area (Å²) in [6.07, 6.45) is 4.39. The standard InChI is InChI=1S/C24H37N5O4S2/c1-5-7-14-21(30)25-23-26-29(22(31)15-8-6-2)24(34-23)18-28(20-13-10-9-12-19(20)24)35(32,33)17-11-16-27(3)4/h9-10,12-13H,5-8,11,14-18H2,1-4H3,(H,25,26,30). The quantitative estimate of drug-likeness (QED) is 0.478. The molecule has 2 aliphatic heterocycles. The first kappa shape index (κ1) is 27.5. The minimum atomic E-state index is -3.63. The molecule has 0 bridgehead atoms. The normalized spacial score (nSPS) is 19.4. The summed E-state index contributed by atoms with van der Waals surface area (Å²) < 4.78 is 28.3. The zero-order chi connectivity index (χ0) is 25.6. The van der Waals surface area contributed by atoms with Crippen LogP contribution >= 0.6 is 11.8 Å². The maximum atomic E-state index is 13.4. The van der Waals surface area contributed by atoms with Gasteiger partial charge in [-0.25, -0.2) is 13.4 Å². The molecule has 11 heteroatoms. The molecule has 194 valence electrons. The lowest BCUT2D eigenvalue weighted by Gasteiger charge is -2.32. The fourth-order valence-electron chi connectivity index (χ4n) is 4.23. The maximum Gasteiger partial charge on any atom is 0.244 e. The number of fused-ring (bicyclic) bond motifs is 2. The van der Waals surface area contributed by atoms with Gasteiger partial charge >= 0.3 is 0 Å². The van der Waals surface area contributed by atoms with E-state index in [1.807, 2.05) is 45.0 Å². The van der Waals surface area contributed by atoms with E-state index in [0.29, 0.717) is 48.6 Å². The molecule has 1 N–H and O–H groups in total. The summed E-state index contributed by atoms with van der Waals surface area (Å²) in [4.78, 5) is 26.6. The summed E-state index contributed by atoms with van der Waals surface area (Å²) >= 11 is 1.25. The summed E-state index contributed by atoms with van der Waals surface area (Å²) in [6, 6.07) is 7.28. The fourth-order valence-corrected chi connectivity index (χ4v) is 7.18. The maximum absolute atomic E-state index is 13.4. The van der Waals surface area contributed by atoms with Crippen molar-refractivity contribution in [3.8, 4) is 0 Å². The average Bonchev–Trinajstić information content (AvgIpc) is 3.34. The summed E-state index contributed by atoms with van der Waals surface area (Å²) in [6.45, 7) is 4.74. The van der Waals surface area contributed by atoms with Crippen LogP contribution in [0.5, 0.6) is 0 Å². The second kappa shape index (κ2) is 11.7. The monoisotopic (exact) mass is 523 g/mol. The van der Waals surface area contributed by atoms with Crippen molar-refractivity contribution >= 4 is 44.5 Å². The predicted molar refractivity (Wildman–Crippen MR) is 141 cm³/mol. The number of hydrogen-bond acceptors (Lipinski definition) is 7. The molecule has 1 unspecified atom stereocenters. The van der Waals surface area contributed by atoms with E-state index in [1.165, 1.54) is 21.1 Å². The Morgan fingerprint density at radius 1 is 1.11 bits per heavy atom. The average molecular weight is 524 g/mol. The molecule has 0 radical (unpaired) electrons. The SMILES string of the molecule is CCCCC(=O)NC1=NN(C(=O)CCCC)C2(CN(S(=O)(=O)CCCN(C)C)c3ccccc32)S1. The Bertz CT molecular complexity index is 1060. The van der Waals surface area contributed by atoms with Gasteiger partial charge in [-0.1, -0.05) is 44.9 Å². The molecule has 0 saturated carbocycles. The lowest BCUT2D eigenvalue weighted by Crippen LogP contribution is -2.46. The lowest BCUT2D eigenvalue weighted by molar-refractivity contribution is -0.134. The van der Waals surface area contributed by atoms with Gasteiger partial charge in [0.1, 0.15) is 0 Å². The number of hydrazone groups is 1. The van der Waals surface area contributed by atoms with Crippen LogP contribution in [0.3, 0.4) is 0 Å². The van der Waals surface area contributed by atoms with Gasteiger partial charge in [0.15, 0.2) is 10.0 Å². The van der Waals surface area contributed by atoms with Gasteiger partial charge < -0.3 is 10.2 Å². The fraction of sp³-hybridized carbons (Fsp3) is 0.625. The number of rotatable bonds is 11. The minimum Gasteiger partial charge on any atom is -0.309 e. The number of hydrogen-bond donors (Lipinski definition) is 1. The van der Waals surface area contributed by atoms with Crippen LogP contribution in [0.15, 0.2) is 29.4 Å². The topological polar surface area (TPSA) is 102 Å². The number of amidine groups is 1. The number of unbranched alkanes of at least 4 members (excludes halogenated alkanes) is 2. The number of sulfonamides is 1. The smallest absolute Gasteiger partial charge is 0.244 e. The Morgan fingerprint density at radius 3 is 2.49 bits per heavy atom. The molecule has 2 amide bonds. The number of carbonyl (C=O) groups is 2. The van der Waals surface area contributed by atoms with Gasteiger partial charge in [-0.15, -0.1) is 5.10 Å². The Morgan fingerprint density at radius 2 is 1.80 bits per heavy atom. The Balaban J connectivity index is 1.95. The van der Waals surface area contributed by atoms with Crippen molar-refractivity contribution in [1.82, 2.24) is 15.2 Å². The second-order valence-corrected chi connectivity index (χ2v) is 12.5. The van der Waals surface area contributed by atoms with Gasteiger partial charge in [-0.2, -0.15) is 0 Å². The number of nitrogens with one attached hydrogen (secondary N) is 1. The van der Waals surface area contributed by atoms with Crippen molar-refractivity contribution in [3.63, 3.8) is 0 Å². The molecule has 1 aromatic rings. The first-order valence-electron chi connectivity index (χ1n) is 12.3. The number of carbonyl (C=O) groups excluding carboxylic acids is 2. The number of thioether (sulfide) groups is 1. The molecule has 1 spiro atoms. The summed E-state index contributed by atoms with van der Waals surface area (Å²) in [7, 11) is 0.190. The van der Waals surface area contributed by atoms with E-state index >= 15 is 0 Å². The van der Waals surface area contributed by atoms with Crippen LogP contribution in [0.4, 0.5) is 5.69 Å².